The number of rotatable bonds is 7. The molecule has 0 spiro atoms. The molecule has 2 aliphatic carbocycles. The molecular formula is C21H19ClF8N4O2S. The molecule has 1 N–H and O–H groups in total. The van der Waals surface area contributed by atoms with Crippen molar-refractivity contribution in [1.82, 2.24) is 15.3 Å². The molecule has 2 bridgehead atoms. The molecule has 0 radical (unpaired) electrons. The third-order valence-electron chi connectivity index (χ3n) is 6.36. The van der Waals surface area contributed by atoms with Crippen molar-refractivity contribution in [2.75, 3.05) is 4.90 Å². The molecule has 1 heterocycles. The van der Waals surface area contributed by atoms with Crippen LogP contribution in [0.15, 0.2) is 47.9 Å². The Kier molecular flexibility index (Phi) is 5.90. The van der Waals surface area contributed by atoms with Gasteiger partial charge in [0.25, 0.3) is 17.5 Å². The number of alkyl halides is 4. The zero-order chi connectivity index (χ0) is 28.4. The van der Waals surface area contributed by atoms with Crippen LogP contribution in [0.2, 0.25) is 0 Å². The number of anilines is 1. The van der Waals surface area contributed by atoms with E-state index in [1.54, 1.807) is 0 Å². The quantitative estimate of drug-likeness (QED) is 0.309. The van der Waals surface area contributed by atoms with Gasteiger partial charge in [-0.05, 0) is 43.0 Å². The van der Waals surface area contributed by atoms with Crippen molar-refractivity contribution < 1.29 is 43.6 Å². The number of hydrogen-bond donors (Lipinski definition) is 1. The second kappa shape index (κ2) is 8.41. The SMILES string of the molecule is [2H][C@@](C(=O)N[C@H]1CC2CC1CC2(F)F)(c1cncnc1)N(C(=O)[C@H](F)Cl)c1ccc(S(F)(F)(F)(F)F)cc1. The number of hydrogen-bond acceptors (Lipinski definition) is 4. The van der Waals surface area contributed by atoms with E-state index in [0.717, 1.165) is 18.7 Å². The Bertz CT molecular complexity index is 1260. The minimum absolute atomic E-state index is 0.0791. The van der Waals surface area contributed by atoms with E-state index in [1.807, 2.05) is 0 Å². The standard InChI is InChI=1S/C21H19ClF8N4O2S/c22-18(23)20(36)34(14-1-3-15(4-2-14)37(26,27,28,29)30)17(12-8-31-10-32-9-12)19(35)33-16-6-13-5-11(16)7-21(13,24)25/h1-4,8-11,13,16-18H,5-7H2,(H,33,35)/t11?,13?,16-,17-,18-/m0/s1/i17D. The van der Waals surface area contributed by atoms with Crippen LogP contribution in [0.3, 0.4) is 0 Å². The topological polar surface area (TPSA) is 75.2 Å². The second-order valence-electron chi connectivity index (χ2n) is 8.89. The Morgan fingerprint density at radius 1 is 1.11 bits per heavy atom. The number of fused-ring (bicyclic) bond motifs is 2. The minimum Gasteiger partial charge on any atom is -0.351 e. The number of amides is 2. The minimum atomic E-state index is -10.1. The summed E-state index contributed by atoms with van der Waals surface area (Å²) in [6.07, 6.45) is 2.16. The third kappa shape index (κ3) is 5.61. The summed E-state index contributed by atoms with van der Waals surface area (Å²) in [6, 6.07) is -3.37. The monoisotopic (exact) mass is 579 g/mol. The molecule has 1 aromatic heterocycles. The van der Waals surface area contributed by atoms with Crippen LogP contribution in [-0.2, 0) is 9.59 Å². The van der Waals surface area contributed by atoms with Crippen molar-refractivity contribution in [3.63, 3.8) is 0 Å². The first kappa shape index (κ1) is 25.9. The molecule has 4 rings (SSSR count). The lowest BCUT2D eigenvalue weighted by Gasteiger charge is -2.40. The molecule has 2 fully saturated rings. The van der Waals surface area contributed by atoms with Gasteiger partial charge in [-0.1, -0.05) is 31.0 Å². The van der Waals surface area contributed by atoms with Gasteiger partial charge in [0.2, 0.25) is 5.91 Å². The van der Waals surface area contributed by atoms with Gasteiger partial charge in [-0.25, -0.2) is 23.1 Å². The molecule has 2 aromatic rings. The molecule has 2 unspecified atom stereocenters. The van der Waals surface area contributed by atoms with Crippen molar-refractivity contribution in [2.24, 2.45) is 11.8 Å². The highest BCUT2D eigenvalue weighted by Crippen LogP contribution is 3.02. The molecular weight excluding hydrogens is 560 g/mol. The first-order valence-electron chi connectivity index (χ1n) is 11.1. The Morgan fingerprint density at radius 3 is 2.16 bits per heavy atom. The predicted octanol–water partition coefficient (Wildman–Crippen LogP) is 6.29. The Hall–Kier alpha value is -2.68. The van der Waals surface area contributed by atoms with Gasteiger partial charge in [-0.15, -0.1) is 0 Å². The van der Waals surface area contributed by atoms with Gasteiger partial charge in [0.05, 0.1) is 1.37 Å². The van der Waals surface area contributed by atoms with Crippen LogP contribution in [0.4, 0.5) is 38.3 Å². The summed E-state index contributed by atoms with van der Waals surface area (Å²) in [5.74, 6) is -7.79. The number of halogens is 9. The first-order chi connectivity index (χ1) is 17.2. The van der Waals surface area contributed by atoms with Crippen LogP contribution in [0.1, 0.15) is 32.2 Å². The van der Waals surface area contributed by atoms with Crippen LogP contribution in [0, 0.1) is 11.8 Å². The van der Waals surface area contributed by atoms with Gasteiger partial charge >= 0.3 is 10.2 Å². The molecule has 0 saturated heterocycles. The lowest BCUT2D eigenvalue weighted by atomic mass is 9.92. The summed E-state index contributed by atoms with van der Waals surface area (Å²) in [5, 5.41) is 2.41. The summed E-state index contributed by atoms with van der Waals surface area (Å²) in [7, 11) is -10.1. The van der Waals surface area contributed by atoms with Crippen LogP contribution in [0.5, 0.6) is 0 Å². The van der Waals surface area contributed by atoms with E-state index in [1.165, 1.54) is 0 Å². The van der Waals surface area contributed by atoms with Crippen molar-refractivity contribution in [3.8, 4) is 0 Å². The molecule has 16 heteroatoms. The lowest BCUT2D eigenvalue weighted by molar-refractivity contribution is -0.128. The summed E-state index contributed by atoms with van der Waals surface area (Å²) in [5.41, 5.74) is -4.17. The lowest BCUT2D eigenvalue weighted by Crippen LogP contribution is -2.50. The zero-order valence-corrected chi connectivity index (χ0v) is 20.0. The maximum absolute atomic E-state index is 14.1. The summed E-state index contributed by atoms with van der Waals surface area (Å²) in [4.78, 5) is 31.4. The summed E-state index contributed by atoms with van der Waals surface area (Å²) in [6.45, 7) is 0. The van der Waals surface area contributed by atoms with Crippen LogP contribution in [0.25, 0.3) is 0 Å². The van der Waals surface area contributed by atoms with Crippen molar-refractivity contribution in [1.29, 1.82) is 0 Å². The second-order valence-corrected chi connectivity index (χ2v) is 11.7. The average molecular weight is 580 g/mol. The highest BCUT2D eigenvalue weighted by molar-refractivity contribution is 8.45. The Labute approximate surface area is 211 Å². The molecule has 1 aromatic carbocycles. The van der Waals surface area contributed by atoms with Gasteiger partial charge in [-0.2, -0.15) is 0 Å². The summed E-state index contributed by atoms with van der Waals surface area (Å²) < 4.78 is 117. The van der Waals surface area contributed by atoms with E-state index < -0.39 is 80.1 Å². The fourth-order valence-electron chi connectivity index (χ4n) is 4.72. The molecule has 6 nitrogen and oxygen atoms in total. The number of nitrogens with one attached hydrogen (secondary N) is 1. The van der Waals surface area contributed by atoms with E-state index in [-0.39, 0.29) is 29.9 Å². The number of benzene rings is 1. The van der Waals surface area contributed by atoms with Crippen LogP contribution in [-0.4, -0.2) is 39.4 Å². The fourth-order valence-corrected chi connectivity index (χ4v) is 5.47. The van der Waals surface area contributed by atoms with E-state index in [9.17, 15) is 42.2 Å². The molecule has 2 saturated carbocycles. The maximum Gasteiger partial charge on any atom is 0.310 e. The van der Waals surface area contributed by atoms with Gasteiger partial charge in [0.1, 0.15) is 17.2 Å². The number of nitrogens with zero attached hydrogens (tertiary/aromatic N) is 3. The predicted molar refractivity (Wildman–Crippen MR) is 119 cm³/mol. The van der Waals surface area contributed by atoms with E-state index in [2.05, 4.69) is 15.3 Å². The summed E-state index contributed by atoms with van der Waals surface area (Å²) >= 11 is 5.29. The molecule has 204 valence electrons. The van der Waals surface area contributed by atoms with Crippen molar-refractivity contribution in [3.05, 3.63) is 48.5 Å². The molecule has 0 aliphatic heterocycles. The third-order valence-corrected chi connectivity index (χ3v) is 7.71. The average Bonchev–Trinajstić information content (AvgIpc) is 3.34. The Morgan fingerprint density at radius 2 is 1.70 bits per heavy atom. The molecule has 5 atom stereocenters. The first-order valence-corrected chi connectivity index (χ1v) is 13.0. The van der Waals surface area contributed by atoms with Gasteiger partial charge in [-0.3, -0.25) is 14.5 Å². The van der Waals surface area contributed by atoms with Gasteiger partial charge in [0, 0.05) is 42.0 Å². The smallest absolute Gasteiger partial charge is 0.310 e. The highest BCUT2D eigenvalue weighted by Gasteiger charge is 2.65. The van der Waals surface area contributed by atoms with Gasteiger partial charge < -0.3 is 5.32 Å². The number of carbonyl (C=O) groups is 2. The number of aromatic nitrogens is 2. The zero-order valence-electron chi connectivity index (χ0n) is 19.4. The largest absolute Gasteiger partial charge is 0.351 e. The van der Waals surface area contributed by atoms with E-state index >= 15 is 0 Å². The Balaban J connectivity index is 1.79. The van der Waals surface area contributed by atoms with Crippen molar-refractivity contribution in [2.45, 2.75) is 47.8 Å². The maximum atomic E-state index is 14.1. The molecule has 2 aliphatic rings. The fraction of sp³-hybridized carbons (Fsp3) is 0.429. The van der Waals surface area contributed by atoms with E-state index in [0.29, 0.717) is 12.1 Å². The van der Waals surface area contributed by atoms with Crippen LogP contribution < -0.4 is 10.2 Å². The molecule has 37 heavy (non-hydrogen) atoms. The number of carbonyl (C=O) groups excluding carboxylic acids is 2. The van der Waals surface area contributed by atoms with E-state index in [4.69, 9.17) is 13.0 Å². The van der Waals surface area contributed by atoms with Crippen LogP contribution >= 0.6 is 21.8 Å². The van der Waals surface area contributed by atoms with Gasteiger partial charge in [0.15, 0.2) is 0 Å². The highest BCUT2D eigenvalue weighted by atomic mass is 35.5. The molecule has 2 amide bonds. The van der Waals surface area contributed by atoms with Crippen molar-refractivity contribution >= 4 is 39.3 Å². The normalized spacial score (nSPS) is 27.3.